The van der Waals surface area contributed by atoms with Crippen LogP contribution in [0.5, 0.6) is 0 Å². The van der Waals surface area contributed by atoms with Crippen LogP contribution in [0.25, 0.3) is 0 Å². The molecule has 0 N–H and O–H groups in total. The van der Waals surface area contributed by atoms with E-state index in [1.165, 1.54) is 24.8 Å². The molecule has 1 saturated heterocycles. The molecule has 1 heterocycles. The van der Waals surface area contributed by atoms with Gasteiger partial charge in [0.1, 0.15) is 0 Å². The molecule has 4 nitrogen and oxygen atoms in total. The third kappa shape index (κ3) is 4.30. The molecule has 1 aliphatic heterocycles. The number of piperidine rings is 1. The predicted molar refractivity (Wildman–Crippen MR) is 86.6 cm³/mol. The number of nitrogens with zero attached hydrogens (tertiary/aromatic N) is 1. The molecule has 116 valence electrons. The van der Waals surface area contributed by atoms with E-state index in [9.17, 15) is 13.2 Å². The summed E-state index contributed by atoms with van der Waals surface area (Å²) in [6.07, 6.45) is 4.45. The number of benzene rings is 1. The molecule has 1 amide bonds. The van der Waals surface area contributed by atoms with Crippen LogP contribution < -0.4 is 0 Å². The highest BCUT2D eigenvalue weighted by Gasteiger charge is 2.24. The van der Waals surface area contributed by atoms with E-state index in [2.05, 4.69) is 15.9 Å². The normalized spacial score (nSPS) is 19.5. The Labute approximate surface area is 134 Å². The van der Waals surface area contributed by atoms with E-state index >= 15 is 0 Å². The van der Waals surface area contributed by atoms with E-state index < -0.39 is 9.84 Å². The van der Waals surface area contributed by atoms with E-state index in [0.717, 1.165) is 31.3 Å². The highest BCUT2D eigenvalue weighted by atomic mass is 79.9. The number of carbonyl (C=O) groups excluding carboxylic acids is 1. The maximum atomic E-state index is 12.5. The maximum absolute atomic E-state index is 12.5. The molecule has 1 aromatic rings. The van der Waals surface area contributed by atoms with Crippen molar-refractivity contribution in [2.45, 2.75) is 24.2 Å². The number of hydrogen-bond donors (Lipinski definition) is 0. The first kappa shape index (κ1) is 16.5. The molecule has 1 fully saturated rings. The van der Waals surface area contributed by atoms with Gasteiger partial charge in [0, 0.05) is 30.2 Å². The molecule has 1 aliphatic rings. The Morgan fingerprint density at radius 3 is 2.57 bits per heavy atom. The lowest BCUT2D eigenvalue weighted by Crippen LogP contribution is -2.40. The van der Waals surface area contributed by atoms with Gasteiger partial charge in [-0.25, -0.2) is 8.42 Å². The topological polar surface area (TPSA) is 54.5 Å². The number of carbonyl (C=O) groups is 1. The summed E-state index contributed by atoms with van der Waals surface area (Å²) in [4.78, 5) is 14.6. The molecule has 1 aromatic carbocycles. The molecule has 0 radical (unpaired) electrons. The van der Waals surface area contributed by atoms with Crippen LogP contribution in [0, 0.1) is 5.92 Å². The predicted octanol–water partition coefficient (Wildman–Crippen LogP) is 2.73. The first-order chi connectivity index (χ1) is 9.91. The average Bonchev–Trinajstić information content (AvgIpc) is 2.46. The highest BCUT2D eigenvalue weighted by Crippen LogP contribution is 2.22. The monoisotopic (exact) mass is 373 g/mol. The van der Waals surface area contributed by atoms with Crippen molar-refractivity contribution in [3.63, 3.8) is 0 Å². The molecule has 1 atom stereocenters. The second kappa shape index (κ2) is 6.92. The minimum absolute atomic E-state index is 0.00526. The second-order valence-electron chi connectivity index (χ2n) is 5.53. The van der Waals surface area contributed by atoms with E-state index in [-0.39, 0.29) is 10.8 Å². The first-order valence-corrected chi connectivity index (χ1v) is 10.1. The van der Waals surface area contributed by atoms with E-state index in [1.807, 2.05) is 4.90 Å². The lowest BCUT2D eigenvalue weighted by Gasteiger charge is -2.32. The molecular formula is C15H20BrNO3S. The van der Waals surface area contributed by atoms with Gasteiger partial charge >= 0.3 is 0 Å². The standard InChI is InChI=1S/C15H20BrNO3S/c1-21(19,20)14-6-4-13(5-7-14)15(18)17-10-2-3-12(11-17)8-9-16/h4-7,12H,2-3,8-11H2,1H3. The minimum Gasteiger partial charge on any atom is -0.338 e. The summed E-state index contributed by atoms with van der Waals surface area (Å²) in [6.45, 7) is 1.57. The number of alkyl halides is 1. The van der Waals surface area contributed by atoms with Crippen molar-refractivity contribution in [1.29, 1.82) is 0 Å². The van der Waals surface area contributed by atoms with Crippen LogP contribution in [-0.2, 0) is 9.84 Å². The number of amides is 1. The van der Waals surface area contributed by atoms with Crippen molar-refractivity contribution < 1.29 is 13.2 Å². The van der Waals surface area contributed by atoms with Gasteiger partial charge in [-0.15, -0.1) is 0 Å². The van der Waals surface area contributed by atoms with Crippen molar-refractivity contribution in [2.24, 2.45) is 5.92 Å². The smallest absolute Gasteiger partial charge is 0.253 e. The number of hydrogen-bond acceptors (Lipinski definition) is 3. The zero-order valence-corrected chi connectivity index (χ0v) is 14.5. The molecule has 0 aromatic heterocycles. The summed E-state index contributed by atoms with van der Waals surface area (Å²) >= 11 is 3.45. The fourth-order valence-electron chi connectivity index (χ4n) is 2.67. The molecule has 0 bridgehead atoms. The maximum Gasteiger partial charge on any atom is 0.253 e. The van der Waals surface area contributed by atoms with Crippen molar-refractivity contribution >= 4 is 31.7 Å². The average molecular weight is 374 g/mol. The van der Waals surface area contributed by atoms with Crippen LogP contribution in [0.4, 0.5) is 0 Å². The first-order valence-electron chi connectivity index (χ1n) is 7.07. The molecule has 2 rings (SSSR count). The summed E-state index contributed by atoms with van der Waals surface area (Å²) < 4.78 is 22.9. The third-order valence-corrected chi connectivity index (χ3v) is 5.44. The Morgan fingerprint density at radius 1 is 1.33 bits per heavy atom. The van der Waals surface area contributed by atoms with E-state index in [0.29, 0.717) is 11.5 Å². The number of likely N-dealkylation sites (tertiary alicyclic amines) is 1. The highest BCUT2D eigenvalue weighted by molar-refractivity contribution is 9.09. The molecule has 0 aliphatic carbocycles. The van der Waals surface area contributed by atoms with E-state index in [1.54, 1.807) is 12.1 Å². The molecule has 6 heteroatoms. The van der Waals surface area contributed by atoms with Crippen molar-refractivity contribution in [3.8, 4) is 0 Å². The lowest BCUT2D eigenvalue weighted by molar-refractivity contribution is 0.0672. The third-order valence-electron chi connectivity index (χ3n) is 3.85. The van der Waals surface area contributed by atoms with Crippen LogP contribution in [-0.4, -0.2) is 43.9 Å². The van der Waals surface area contributed by atoms with Gasteiger partial charge in [-0.3, -0.25) is 4.79 Å². The molecule has 0 spiro atoms. The molecule has 1 unspecified atom stereocenters. The fourth-order valence-corrected chi connectivity index (χ4v) is 3.94. The Bertz CT molecular complexity index is 596. The fraction of sp³-hybridized carbons (Fsp3) is 0.533. The van der Waals surface area contributed by atoms with Crippen LogP contribution in [0.15, 0.2) is 29.2 Å². The van der Waals surface area contributed by atoms with Crippen molar-refractivity contribution in [2.75, 3.05) is 24.7 Å². The van der Waals surface area contributed by atoms with Gasteiger partial charge in [0.25, 0.3) is 5.91 Å². The quantitative estimate of drug-likeness (QED) is 0.762. The summed E-state index contributed by atoms with van der Waals surface area (Å²) in [6, 6.07) is 6.21. The number of rotatable bonds is 4. The minimum atomic E-state index is -3.22. The molecule has 0 saturated carbocycles. The number of halogens is 1. The Morgan fingerprint density at radius 2 is 2.00 bits per heavy atom. The van der Waals surface area contributed by atoms with Gasteiger partial charge in [-0.05, 0) is 49.4 Å². The summed E-state index contributed by atoms with van der Waals surface area (Å²) in [5, 5.41) is 0.961. The van der Waals surface area contributed by atoms with Crippen LogP contribution in [0.2, 0.25) is 0 Å². The van der Waals surface area contributed by atoms with Gasteiger partial charge in [-0.2, -0.15) is 0 Å². The Balaban J connectivity index is 2.09. The van der Waals surface area contributed by atoms with Gasteiger partial charge in [-0.1, -0.05) is 15.9 Å². The van der Waals surface area contributed by atoms with Gasteiger partial charge in [0.15, 0.2) is 9.84 Å². The summed E-state index contributed by atoms with van der Waals surface area (Å²) in [7, 11) is -3.22. The zero-order chi connectivity index (χ0) is 15.5. The van der Waals surface area contributed by atoms with Crippen molar-refractivity contribution in [1.82, 2.24) is 4.90 Å². The van der Waals surface area contributed by atoms with Crippen LogP contribution >= 0.6 is 15.9 Å². The molecule has 21 heavy (non-hydrogen) atoms. The zero-order valence-electron chi connectivity index (χ0n) is 12.1. The number of sulfone groups is 1. The Hall–Kier alpha value is -0.880. The van der Waals surface area contributed by atoms with Gasteiger partial charge in [0.2, 0.25) is 0 Å². The Kier molecular flexibility index (Phi) is 5.43. The largest absolute Gasteiger partial charge is 0.338 e. The lowest BCUT2D eigenvalue weighted by atomic mass is 9.95. The van der Waals surface area contributed by atoms with Crippen molar-refractivity contribution in [3.05, 3.63) is 29.8 Å². The van der Waals surface area contributed by atoms with Gasteiger partial charge < -0.3 is 4.90 Å². The molecular weight excluding hydrogens is 354 g/mol. The second-order valence-corrected chi connectivity index (χ2v) is 8.34. The summed E-state index contributed by atoms with van der Waals surface area (Å²) in [5.41, 5.74) is 0.557. The van der Waals surface area contributed by atoms with Crippen LogP contribution in [0.1, 0.15) is 29.6 Å². The van der Waals surface area contributed by atoms with Gasteiger partial charge in [0.05, 0.1) is 4.90 Å². The SMILES string of the molecule is CS(=O)(=O)c1ccc(C(=O)N2CCCC(CCBr)C2)cc1. The summed E-state index contributed by atoms with van der Waals surface area (Å²) in [5.74, 6) is 0.548. The van der Waals surface area contributed by atoms with Crippen LogP contribution in [0.3, 0.4) is 0 Å². The van der Waals surface area contributed by atoms with E-state index in [4.69, 9.17) is 0 Å².